The summed E-state index contributed by atoms with van der Waals surface area (Å²) in [6.07, 6.45) is 0. The molecule has 0 aromatic heterocycles. The second kappa shape index (κ2) is 9.98. The topological polar surface area (TPSA) is 156 Å². The van der Waals surface area contributed by atoms with Gasteiger partial charge in [0.25, 0.3) is 0 Å². The SMILES string of the molecule is O=S(=O)(O)O.O[Si](O)(O)O.[CaH2].[CaH2]. The van der Waals surface area contributed by atoms with Gasteiger partial charge in [-0.2, -0.15) is 8.42 Å². The summed E-state index contributed by atoms with van der Waals surface area (Å²) in [5, 5.41) is 0. The Morgan fingerprint density at radius 3 is 0.833 bits per heavy atom. The molecule has 12 heavy (non-hydrogen) atoms. The van der Waals surface area contributed by atoms with Gasteiger partial charge in [0.2, 0.25) is 0 Å². The average Bonchev–Trinajstić information content (AvgIpc) is 1.12. The second-order valence-electron chi connectivity index (χ2n) is 1.05. The molecule has 0 amide bonds. The van der Waals surface area contributed by atoms with Gasteiger partial charge in [-0.3, -0.25) is 9.11 Å². The summed E-state index contributed by atoms with van der Waals surface area (Å²) >= 11 is 0. The van der Waals surface area contributed by atoms with Crippen LogP contribution >= 0.6 is 0 Å². The molecule has 0 saturated carbocycles. The Labute approximate surface area is 129 Å². The predicted molar refractivity (Wildman–Crippen MR) is 45.9 cm³/mol. The van der Waals surface area contributed by atoms with E-state index < -0.39 is 19.4 Å². The zero-order valence-corrected chi connectivity index (χ0v) is 6.22. The molecule has 0 radical (unpaired) electrons. The van der Waals surface area contributed by atoms with Gasteiger partial charge in [-0.05, 0) is 0 Å². The van der Waals surface area contributed by atoms with Crippen molar-refractivity contribution in [2.24, 2.45) is 0 Å². The normalized spacial score (nSPS) is 9.83. The third-order valence-electron chi connectivity index (χ3n) is 0. The molecule has 12 heteroatoms. The van der Waals surface area contributed by atoms with Crippen molar-refractivity contribution in [3.05, 3.63) is 0 Å². The molecule has 0 aromatic carbocycles. The summed E-state index contributed by atoms with van der Waals surface area (Å²) in [6.45, 7) is 0. The van der Waals surface area contributed by atoms with E-state index in [1.165, 1.54) is 0 Å². The molecule has 0 bridgehead atoms. The Balaban J connectivity index is -0.0000000457. The van der Waals surface area contributed by atoms with Gasteiger partial charge in [0, 0.05) is 0 Å². The summed E-state index contributed by atoms with van der Waals surface area (Å²) in [5.41, 5.74) is 0. The maximum absolute atomic E-state index is 8.74. The minimum absolute atomic E-state index is 0. The first-order valence-electron chi connectivity index (χ1n) is 1.59. The Morgan fingerprint density at radius 2 is 0.833 bits per heavy atom. The van der Waals surface area contributed by atoms with Gasteiger partial charge >= 0.3 is 94.9 Å². The van der Waals surface area contributed by atoms with Crippen LogP contribution in [0.4, 0.5) is 0 Å². The van der Waals surface area contributed by atoms with Crippen LogP contribution in [-0.2, 0) is 10.4 Å². The van der Waals surface area contributed by atoms with E-state index in [1.807, 2.05) is 0 Å². The van der Waals surface area contributed by atoms with Crippen molar-refractivity contribution in [2.75, 3.05) is 0 Å². The first kappa shape index (κ1) is 23.9. The third-order valence-corrected chi connectivity index (χ3v) is 0. The second-order valence-corrected chi connectivity index (χ2v) is 3.14. The van der Waals surface area contributed by atoms with Gasteiger partial charge < -0.3 is 19.2 Å². The van der Waals surface area contributed by atoms with E-state index in [9.17, 15) is 0 Å². The van der Waals surface area contributed by atoms with Gasteiger partial charge in [-0.1, -0.05) is 0 Å². The van der Waals surface area contributed by atoms with E-state index >= 15 is 0 Å². The zero-order chi connectivity index (χ0) is 9.00. The first-order chi connectivity index (χ1) is 4.00. The molecule has 0 spiro atoms. The molecule has 0 aliphatic rings. The van der Waals surface area contributed by atoms with E-state index in [1.54, 1.807) is 0 Å². The molecule has 6 N–H and O–H groups in total. The fourth-order valence-corrected chi connectivity index (χ4v) is 0. The van der Waals surface area contributed by atoms with Crippen LogP contribution in [0.3, 0.4) is 0 Å². The van der Waals surface area contributed by atoms with Gasteiger partial charge in [0.15, 0.2) is 0 Å². The molecule has 8 nitrogen and oxygen atoms in total. The van der Waals surface area contributed by atoms with E-state index in [-0.39, 0.29) is 75.5 Å². The van der Waals surface area contributed by atoms with Crippen molar-refractivity contribution in [1.29, 1.82) is 0 Å². The summed E-state index contributed by atoms with van der Waals surface area (Å²) in [5.74, 6) is 0. The standard InChI is InChI=1S/2Ca.H2O4S.H4O4Si.4H/c;;2*1-5(2,3)4;;;;/h;;(H2,1,2,3,4);1-4H;;;;. The Hall–Kier alpha value is 2.45. The van der Waals surface area contributed by atoms with Crippen LogP contribution < -0.4 is 0 Å². The fourth-order valence-electron chi connectivity index (χ4n) is 0. The van der Waals surface area contributed by atoms with Crippen LogP contribution in [0.1, 0.15) is 0 Å². The van der Waals surface area contributed by atoms with Gasteiger partial charge in [-0.25, -0.2) is 0 Å². The predicted octanol–water partition coefficient (Wildman–Crippen LogP) is -5.09. The van der Waals surface area contributed by atoms with Gasteiger partial charge in [-0.15, -0.1) is 0 Å². The molecule has 0 unspecified atom stereocenters. The van der Waals surface area contributed by atoms with Crippen LogP contribution in [0.5, 0.6) is 0 Å². The summed E-state index contributed by atoms with van der Waals surface area (Å²) < 4.78 is 31.6. The Morgan fingerprint density at radius 1 is 0.833 bits per heavy atom. The molecule has 0 saturated heterocycles. The fraction of sp³-hybridized carbons (Fsp3) is 0. The number of hydrogen-bond acceptors (Lipinski definition) is 6. The van der Waals surface area contributed by atoms with Crippen LogP contribution in [0, 0.1) is 0 Å². The third kappa shape index (κ3) is 272. The van der Waals surface area contributed by atoms with E-state index in [2.05, 4.69) is 0 Å². The van der Waals surface area contributed by atoms with E-state index in [0.717, 1.165) is 0 Å². The van der Waals surface area contributed by atoms with Gasteiger partial charge in [0.1, 0.15) is 0 Å². The number of rotatable bonds is 0. The molecule has 72 valence electrons. The quantitative estimate of drug-likeness (QED) is 0.190. The molecule has 0 aromatic rings. The Kier molecular flexibility index (Phi) is 19.9. The van der Waals surface area contributed by atoms with Crippen molar-refractivity contribution in [1.82, 2.24) is 0 Å². The van der Waals surface area contributed by atoms with E-state index in [4.69, 9.17) is 36.7 Å². The van der Waals surface area contributed by atoms with Crippen LogP contribution in [0.2, 0.25) is 0 Å². The van der Waals surface area contributed by atoms with Crippen LogP contribution in [0.25, 0.3) is 0 Å². The minimum atomic E-state index is -4.67. The van der Waals surface area contributed by atoms with Crippen LogP contribution in [-0.4, -0.2) is 121 Å². The van der Waals surface area contributed by atoms with E-state index in [0.29, 0.717) is 0 Å². The molecular weight excluding hydrogens is 268 g/mol. The van der Waals surface area contributed by atoms with Crippen molar-refractivity contribution < 1.29 is 36.7 Å². The monoisotopic (exact) mass is 278 g/mol. The summed E-state index contributed by atoms with van der Waals surface area (Å²) in [7, 11) is -9.28. The molecule has 0 aliphatic carbocycles. The summed E-state index contributed by atoms with van der Waals surface area (Å²) in [6, 6.07) is 0. The van der Waals surface area contributed by atoms with Crippen molar-refractivity contribution in [3.8, 4) is 0 Å². The zero-order valence-electron chi connectivity index (χ0n) is 4.41. The number of hydrogen-bond donors (Lipinski definition) is 6. The van der Waals surface area contributed by atoms with Crippen molar-refractivity contribution in [2.45, 2.75) is 0 Å². The molecular formula is H10Ca2O8SSi. The molecule has 0 aliphatic heterocycles. The van der Waals surface area contributed by atoms with Crippen molar-refractivity contribution in [3.63, 3.8) is 0 Å². The maximum atomic E-state index is 8.74. The Bertz CT molecular complexity index is 152. The molecule has 0 atom stereocenters. The average molecular weight is 278 g/mol. The molecule has 0 fully saturated rings. The van der Waals surface area contributed by atoms with Crippen molar-refractivity contribution >= 4 is 94.9 Å². The van der Waals surface area contributed by atoms with Crippen LogP contribution in [0.15, 0.2) is 0 Å². The molecule has 0 heterocycles. The first-order valence-corrected chi connectivity index (χ1v) is 4.78. The van der Waals surface area contributed by atoms with Gasteiger partial charge in [0.05, 0.1) is 0 Å². The molecule has 0 rings (SSSR count). The summed E-state index contributed by atoms with van der Waals surface area (Å²) in [4.78, 5) is 29.3.